The molecular formula is C16H8ClNO5. The summed E-state index contributed by atoms with van der Waals surface area (Å²) >= 11 is 5.95. The van der Waals surface area contributed by atoms with Gasteiger partial charge in [0.1, 0.15) is 5.03 Å². The highest BCUT2D eigenvalue weighted by Gasteiger charge is 2.34. The van der Waals surface area contributed by atoms with Crippen LogP contribution in [0.3, 0.4) is 0 Å². The van der Waals surface area contributed by atoms with Crippen LogP contribution in [0.1, 0.15) is 20.7 Å². The molecule has 0 unspecified atom stereocenters. The highest BCUT2D eigenvalue weighted by atomic mass is 35.5. The number of benzene rings is 2. The predicted molar refractivity (Wildman–Crippen MR) is 81.7 cm³/mol. The molecule has 6 nitrogen and oxygen atoms in total. The molecule has 1 aliphatic rings. The summed E-state index contributed by atoms with van der Waals surface area (Å²) in [6.45, 7) is 0. The maximum absolute atomic E-state index is 12.5. The lowest BCUT2D eigenvalue weighted by atomic mass is 9.93. The monoisotopic (exact) mass is 329 g/mol. The first-order chi connectivity index (χ1) is 11.0. The van der Waals surface area contributed by atoms with Crippen LogP contribution in [0.15, 0.2) is 59.3 Å². The number of fused-ring (bicyclic) bond motifs is 1. The van der Waals surface area contributed by atoms with Gasteiger partial charge < -0.3 is 4.74 Å². The van der Waals surface area contributed by atoms with Gasteiger partial charge >= 0.3 is 5.69 Å². The molecule has 0 N–H and O–H groups in total. The molecule has 0 spiro atoms. The van der Waals surface area contributed by atoms with Crippen LogP contribution in [0.25, 0.3) is 0 Å². The molecule has 0 bridgehead atoms. The van der Waals surface area contributed by atoms with Gasteiger partial charge in [0.15, 0.2) is 5.76 Å². The third-order valence-corrected chi connectivity index (χ3v) is 3.64. The SMILES string of the molecule is O=C1C(Cl)=C(Oc2ccccc2[N+](=O)[O-])C(=O)c2ccccc21. The van der Waals surface area contributed by atoms with Crippen LogP contribution in [-0.2, 0) is 0 Å². The molecule has 0 atom stereocenters. The number of nitro groups is 1. The van der Waals surface area contributed by atoms with E-state index in [2.05, 4.69) is 0 Å². The van der Waals surface area contributed by atoms with Crippen LogP contribution < -0.4 is 4.74 Å². The van der Waals surface area contributed by atoms with E-state index in [0.717, 1.165) is 0 Å². The average molecular weight is 330 g/mol. The summed E-state index contributed by atoms with van der Waals surface area (Å²) < 4.78 is 5.34. The Morgan fingerprint density at radius 3 is 2.13 bits per heavy atom. The number of carbonyl (C=O) groups is 2. The van der Waals surface area contributed by atoms with Gasteiger partial charge in [-0.15, -0.1) is 0 Å². The number of ketones is 2. The van der Waals surface area contributed by atoms with Gasteiger partial charge in [-0.1, -0.05) is 48.0 Å². The molecule has 2 aromatic carbocycles. The number of Topliss-reactive ketones (excluding diaryl/α,β-unsaturated/α-hetero) is 2. The van der Waals surface area contributed by atoms with Crippen molar-refractivity contribution in [2.24, 2.45) is 0 Å². The van der Waals surface area contributed by atoms with Crippen molar-refractivity contribution in [3.05, 3.63) is 80.6 Å². The van der Waals surface area contributed by atoms with Gasteiger partial charge in [-0.2, -0.15) is 0 Å². The molecule has 0 saturated carbocycles. The Bertz CT molecular complexity index is 888. The zero-order valence-electron chi connectivity index (χ0n) is 11.5. The minimum absolute atomic E-state index is 0.149. The Labute approximate surface area is 135 Å². The number of allylic oxidation sites excluding steroid dienone is 2. The number of carbonyl (C=O) groups excluding carboxylic acids is 2. The molecule has 2 aromatic rings. The van der Waals surface area contributed by atoms with Gasteiger partial charge in [0, 0.05) is 17.2 Å². The van der Waals surface area contributed by atoms with Gasteiger partial charge in [-0.3, -0.25) is 19.7 Å². The lowest BCUT2D eigenvalue weighted by Crippen LogP contribution is -2.23. The Balaban J connectivity index is 2.08. The van der Waals surface area contributed by atoms with Crippen molar-refractivity contribution in [3.8, 4) is 5.75 Å². The standard InChI is InChI=1S/C16H8ClNO5/c17-13-14(19)9-5-1-2-6-10(9)15(20)16(13)23-12-8-4-3-7-11(12)18(21)22/h1-8H. The van der Waals surface area contributed by atoms with E-state index < -0.39 is 27.3 Å². The summed E-state index contributed by atoms with van der Waals surface area (Å²) in [7, 11) is 0. The number of hydrogen-bond donors (Lipinski definition) is 0. The second kappa shape index (κ2) is 5.66. The minimum atomic E-state index is -0.646. The van der Waals surface area contributed by atoms with Crippen molar-refractivity contribution >= 4 is 28.9 Å². The van der Waals surface area contributed by atoms with Crippen LogP contribution in [0.4, 0.5) is 5.69 Å². The lowest BCUT2D eigenvalue weighted by Gasteiger charge is -2.17. The molecule has 0 saturated heterocycles. The summed E-state index contributed by atoms with van der Waals surface area (Å²) in [5.41, 5.74) is -0.00327. The summed E-state index contributed by atoms with van der Waals surface area (Å²) in [5.74, 6) is -1.73. The van der Waals surface area contributed by atoms with Crippen molar-refractivity contribution in [1.82, 2.24) is 0 Å². The van der Waals surface area contributed by atoms with E-state index in [-0.39, 0.29) is 22.6 Å². The van der Waals surface area contributed by atoms with E-state index in [1.54, 1.807) is 12.1 Å². The zero-order chi connectivity index (χ0) is 16.6. The number of ether oxygens (including phenoxy) is 1. The lowest BCUT2D eigenvalue weighted by molar-refractivity contribution is -0.385. The molecule has 0 aliphatic heterocycles. The predicted octanol–water partition coefficient (Wildman–Crippen LogP) is 3.50. The van der Waals surface area contributed by atoms with E-state index >= 15 is 0 Å². The Hall–Kier alpha value is -2.99. The highest BCUT2D eigenvalue weighted by molar-refractivity contribution is 6.49. The fourth-order valence-electron chi connectivity index (χ4n) is 2.22. The molecule has 114 valence electrons. The van der Waals surface area contributed by atoms with Crippen LogP contribution in [0.5, 0.6) is 5.75 Å². The number of hydrogen-bond acceptors (Lipinski definition) is 5. The van der Waals surface area contributed by atoms with Crippen molar-refractivity contribution in [3.63, 3.8) is 0 Å². The Kier molecular flexibility index (Phi) is 3.67. The second-order valence-corrected chi connectivity index (χ2v) is 5.05. The molecular weight excluding hydrogens is 322 g/mol. The van der Waals surface area contributed by atoms with E-state index in [9.17, 15) is 19.7 Å². The first-order valence-electron chi connectivity index (χ1n) is 6.50. The minimum Gasteiger partial charge on any atom is -0.444 e. The normalized spacial score (nSPS) is 13.8. The maximum atomic E-state index is 12.5. The highest BCUT2D eigenvalue weighted by Crippen LogP contribution is 2.33. The molecule has 3 rings (SSSR count). The largest absolute Gasteiger partial charge is 0.444 e. The fraction of sp³-hybridized carbons (Fsp3) is 0. The number of nitrogens with zero attached hydrogens (tertiary/aromatic N) is 1. The third kappa shape index (κ3) is 2.49. The molecule has 0 amide bonds. The fourth-order valence-corrected chi connectivity index (χ4v) is 2.44. The van der Waals surface area contributed by atoms with E-state index in [4.69, 9.17) is 16.3 Å². The number of nitro benzene ring substituents is 1. The van der Waals surface area contributed by atoms with Crippen LogP contribution in [0, 0.1) is 10.1 Å². The molecule has 0 aromatic heterocycles. The summed E-state index contributed by atoms with van der Waals surface area (Å²) in [6, 6.07) is 11.7. The smallest absolute Gasteiger partial charge is 0.311 e. The Morgan fingerprint density at radius 1 is 0.913 bits per heavy atom. The summed E-state index contributed by atoms with van der Waals surface area (Å²) in [5, 5.41) is 10.6. The van der Waals surface area contributed by atoms with Gasteiger partial charge in [0.05, 0.1) is 4.92 Å². The summed E-state index contributed by atoms with van der Waals surface area (Å²) in [6.07, 6.45) is 0. The zero-order valence-corrected chi connectivity index (χ0v) is 12.2. The van der Waals surface area contributed by atoms with Crippen LogP contribution >= 0.6 is 11.6 Å². The molecule has 0 heterocycles. The van der Waals surface area contributed by atoms with Gasteiger partial charge in [0.2, 0.25) is 17.3 Å². The second-order valence-electron chi connectivity index (χ2n) is 4.67. The third-order valence-electron chi connectivity index (χ3n) is 3.30. The first kappa shape index (κ1) is 14.9. The van der Waals surface area contributed by atoms with E-state index in [0.29, 0.717) is 0 Å². The number of halogens is 1. The van der Waals surface area contributed by atoms with Crippen molar-refractivity contribution < 1.29 is 19.2 Å². The number of rotatable bonds is 3. The number of para-hydroxylation sites is 2. The van der Waals surface area contributed by atoms with E-state index in [1.165, 1.54) is 36.4 Å². The Morgan fingerprint density at radius 2 is 1.48 bits per heavy atom. The van der Waals surface area contributed by atoms with Crippen LogP contribution in [0.2, 0.25) is 0 Å². The van der Waals surface area contributed by atoms with Gasteiger partial charge in [-0.25, -0.2) is 0 Å². The molecule has 1 aliphatic carbocycles. The van der Waals surface area contributed by atoms with Gasteiger partial charge in [-0.05, 0) is 6.07 Å². The topological polar surface area (TPSA) is 86.5 Å². The molecule has 23 heavy (non-hydrogen) atoms. The van der Waals surface area contributed by atoms with Gasteiger partial charge in [0.25, 0.3) is 0 Å². The quantitative estimate of drug-likeness (QED) is 0.635. The van der Waals surface area contributed by atoms with Crippen LogP contribution in [-0.4, -0.2) is 16.5 Å². The van der Waals surface area contributed by atoms with E-state index in [1.807, 2.05) is 0 Å². The maximum Gasteiger partial charge on any atom is 0.311 e. The summed E-state index contributed by atoms with van der Waals surface area (Å²) in [4.78, 5) is 35.1. The molecule has 0 fully saturated rings. The van der Waals surface area contributed by atoms with Crippen molar-refractivity contribution in [1.29, 1.82) is 0 Å². The van der Waals surface area contributed by atoms with Crippen molar-refractivity contribution in [2.75, 3.05) is 0 Å². The first-order valence-corrected chi connectivity index (χ1v) is 6.88. The molecule has 7 heteroatoms. The van der Waals surface area contributed by atoms with Crippen molar-refractivity contribution in [2.45, 2.75) is 0 Å². The average Bonchev–Trinajstić information content (AvgIpc) is 2.57. The molecule has 0 radical (unpaired) electrons.